The van der Waals surface area contributed by atoms with E-state index in [1.807, 2.05) is 36.3 Å². The molecule has 0 saturated heterocycles. The number of aromatic amines is 1. The summed E-state index contributed by atoms with van der Waals surface area (Å²) in [5.41, 5.74) is 2.95. The maximum atomic E-state index is 13.1. The average molecular weight is 377 g/mol. The smallest absolute Gasteiger partial charge is 0.289 e. The van der Waals surface area contributed by atoms with Crippen molar-refractivity contribution in [3.8, 4) is 0 Å². The molecule has 0 aliphatic carbocycles. The Morgan fingerprint density at radius 2 is 2.32 bits per heavy atom. The van der Waals surface area contributed by atoms with Gasteiger partial charge in [-0.3, -0.25) is 9.48 Å². The van der Waals surface area contributed by atoms with Gasteiger partial charge in [-0.2, -0.15) is 5.10 Å². The van der Waals surface area contributed by atoms with Crippen molar-refractivity contribution in [2.24, 2.45) is 7.05 Å². The topological polar surface area (TPSA) is 97.8 Å². The zero-order valence-electron chi connectivity index (χ0n) is 15.3. The monoisotopic (exact) mass is 377 g/mol. The molecule has 1 N–H and O–H groups in total. The lowest BCUT2D eigenvalue weighted by Crippen LogP contribution is -2.38. The number of amides is 1. The van der Waals surface area contributed by atoms with E-state index in [0.717, 1.165) is 17.0 Å². The van der Waals surface area contributed by atoms with Gasteiger partial charge in [-0.1, -0.05) is 0 Å². The van der Waals surface area contributed by atoms with Crippen molar-refractivity contribution in [3.63, 3.8) is 0 Å². The van der Waals surface area contributed by atoms with Crippen LogP contribution in [0.4, 0.5) is 0 Å². The summed E-state index contributed by atoms with van der Waals surface area (Å²) in [7, 11) is 1.88. The Morgan fingerprint density at radius 1 is 1.39 bits per heavy atom. The van der Waals surface area contributed by atoms with Gasteiger partial charge in [-0.15, -0.1) is 0 Å². The SMILES string of the molecule is Cn1cc(C2CN(C(=O)c3ccc(Cn4ccnc4)o3)Cc3[nH]cnc32)cn1. The van der Waals surface area contributed by atoms with Crippen LogP contribution in [0.1, 0.15) is 39.2 Å². The minimum absolute atomic E-state index is 0.0203. The number of carbonyl (C=O) groups is 1. The predicted octanol–water partition coefficient (Wildman–Crippen LogP) is 1.77. The second-order valence-electron chi connectivity index (χ2n) is 6.95. The highest BCUT2D eigenvalue weighted by Gasteiger charge is 2.33. The van der Waals surface area contributed by atoms with Crippen LogP contribution in [0, 0.1) is 0 Å². The predicted molar refractivity (Wildman–Crippen MR) is 98.4 cm³/mol. The number of rotatable bonds is 4. The Bertz CT molecular complexity index is 1110. The number of imidazole rings is 2. The van der Waals surface area contributed by atoms with Crippen LogP contribution in [-0.2, 0) is 20.1 Å². The van der Waals surface area contributed by atoms with Crippen LogP contribution >= 0.6 is 0 Å². The lowest BCUT2D eigenvalue weighted by molar-refractivity contribution is 0.0687. The molecule has 142 valence electrons. The summed E-state index contributed by atoms with van der Waals surface area (Å²) < 4.78 is 9.46. The van der Waals surface area contributed by atoms with Crippen LogP contribution < -0.4 is 0 Å². The summed E-state index contributed by atoms with van der Waals surface area (Å²) in [5.74, 6) is 0.895. The van der Waals surface area contributed by atoms with Crippen molar-refractivity contribution in [3.05, 3.63) is 78.0 Å². The van der Waals surface area contributed by atoms with E-state index in [-0.39, 0.29) is 11.8 Å². The van der Waals surface area contributed by atoms with Crippen molar-refractivity contribution in [1.82, 2.24) is 34.2 Å². The highest BCUT2D eigenvalue weighted by molar-refractivity contribution is 5.91. The largest absolute Gasteiger partial charge is 0.454 e. The molecule has 0 bridgehead atoms. The third-order valence-electron chi connectivity index (χ3n) is 5.02. The molecule has 1 amide bonds. The number of nitrogens with one attached hydrogen (secondary N) is 1. The summed E-state index contributed by atoms with van der Waals surface area (Å²) in [6.45, 7) is 1.54. The molecule has 1 aliphatic rings. The van der Waals surface area contributed by atoms with Crippen molar-refractivity contribution in [2.45, 2.75) is 19.0 Å². The van der Waals surface area contributed by atoms with Crippen LogP contribution in [0.15, 0.2) is 54.0 Å². The highest BCUT2D eigenvalue weighted by atomic mass is 16.4. The minimum atomic E-state index is -0.133. The molecule has 1 aliphatic heterocycles. The number of hydrogen-bond donors (Lipinski definition) is 1. The van der Waals surface area contributed by atoms with E-state index in [0.29, 0.717) is 31.2 Å². The van der Waals surface area contributed by atoms with Crippen LogP contribution in [0.2, 0.25) is 0 Å². The molecular formula is C19H19N7O2. The van der Waals surface area contributed by atoms with Gasteiger partial charge >= 0.3 is 0 Å². The maximum Gasteiger partial charge on any atom is 0.289 e. The lowest BCUT2D eigenvalue weighted by atomic mass is 9.93. The summed E-state index contributed by atoms with van der Waals surface area (Å²) in [6.07, 6.45) is 10.8. The molecule has 0 fully saturated rings. The van der Waals surface area contributed by atoms with E-state index in [4.69, 9.17) is 4.42 Å². The average Bonchev–Trinajstić information content (AvgIpc) is 3.48. The lowest BCUT2D eigenvalue weighted by Gasteiger charge is -2.31. The van der Waals surface area contributed by atoms with E-state index in [9.17, 15) is 4.79 Å². The molecule has 9 nitrogen and oxygen atoms in total. The van der Waals surface area contributed by atoms with E-state index < -0.39 is 0 Å². The molecule has 0 aromatic carbocycles. The highest BCUT2D eigenvalue weighted by Crippen LogP contribution is 2.32. The molecule has 1 atom stereocenters. The molecule has 9 heteroatoms. The molecule has 1 unspecified atom stereocenters. The number of aromatic nitrogens is 6. The van der Waals surface area contributed by atoms with Crippen LogP contribution in [-0.4, -0.2) is 46.7 Å². The van der Waals surface area contributed by atoms with Gasteiger partial charge in [-0.05, 0) is 12.1 Å². The fraction of sp³-hybridized carbons (Fsp3) is 0.263. The Balaban J connectivity index is 1.39. The molecule has 0 spiro atoms. The standard InChI is InChI=1S/C19H19N7O2/c1-24-7-13(6-23-24)15-9-26(10-16-18(15)22-11-21-16)19(27)17-3-2-14(28-17)8-25-5-4-20-12-25/h2-7,11-12,15H,8-10H2,1H3,(H,21,22). The second-order valence-corrected chi connectivity index (χ2v) is 6.95. The van der Waals surface area contributed by atoms with E-state index in [2.05, 4.69) is 20.1 Å². The molecule has 0 saturated carbocycles. The normalized spacial score (nSPS) is 16.3. The fourth-order valence-electron chi connectivity index (χ4n) is 3.65. The Morgan fingerprint density at radius 3 is 3.11 bits per heavy atom. The first-order valence-corrected chi connectivity index (χ1v) is 9.02. The van der Waals surface area contributed by atoms with Crippen molar-refractivity contribution >= 4 is 5.91 Å². The van der Waals surface area contributed by atoms with E-state index >= 15 is 0 Å². The summed E-state index contributed by atoms with van der Waals surface area (Å²) in [4.78, 5) is 26.5. The van der Waals surface area contributed by atoms with Crippen LogP contribution in [0.5, 0.6) is 0 Å². The van der Waals surface area contributed by atoms with E-state index in [1.54, 1.807) is 34.5 Å². The van der Waals surface area contributed by atoms with Gasteiger partial charge in [-0.25, -0.2) is 9.97 Å². The van der Waals surface area contributed by atoms with Crippen molar-refractivity contribution in [2.75, 3.05) is 6.54 Å². The van der Waals surface area contributed by atoms with Crippen LogP contribution in [0.3, 0.4) is 0 Å². The van der Waals surface area contributed by atoms with Crippen molar-refractivity contribution < 1.29 is 9.21 Å². The number of carbonyl (C=O) groups excluding carboxylic acids is 1. The number of furan rings is 1. The summed E-state index contributed by atoms with van der Waals surface area (Å²) in [6, 6.07) is 3.56. The first kappa shape index (κ1) is 16.5. The number of aryl methyl sites for hydroxylation is 1. The molecule has 4 aromatic rings. The van der Waals surface area contributed by atoms with Gasteiger partial charge in [0.15, 0.2) is 5.76 Å². The van der Waals surface area contributed by atoms with Gasteiger partial charge in [0.25, 0.3) is 5.91 Å². The molecular weight excluding hydrogens is 358 g/mol. The van der Waals surface area contributed by atoms with Gasteiger partial charge in [0.1, 0.15) is 5.76 Å². The van der Waals surface area contributed by atoms with Crippen molar-refractivity contribution in [1.29, 1.82) is 0 Å². The fourth-order valence-corrected chi connectivity index (χ4v) is 3.65. The third-order valence-corrected chi connectivity index (χ3v) is 5.02. The van der Waals surface area contributed by atoms with Crippen LogP contribution in [0.25, 0.3) is 0 Å². The molecule has 5 rings (SSSR count). The maximum absolute atomic E-state index is 13.1. The number of nitrogens with zero attached hydrogens (tertiary/aromatic N) is 6. The Hall–Kier alpha value is -3.62. The molecule has 0 radical (unpaired) electrons. The first-order chi connectivity index (χ1) is 13.7. The number of hydrogen-bond acceptors (Lipinski definition) is 5. The molecule has 28 heavy (non-hydrogen) atoms. The Labute approximate surface area is 160 Å². The minimum Gasteiger partial charge on any atom is -0.454 e. The van der Waals surface area contributed by atoms with Gasteiger partial charge < -0.3 is 18.9 Å². The van der Waals surface area contributed by atoms with Gasteiger partial charge in [0, 0.05) is 43.7 Å². The summed E-state index contributed by atoms with van der Waals surface area (Å²) >= 11 is 0. The number of fused-ring (bicyclic) bond motifs is 1. The number of H-pyrrole nitrogens is 1. The zero-order valence-corrected chi connectivity index (χ0v) is 15.3. The quantitative estimate of drug-likeness (QED) is 0.584. The molecule has 5 heterocycles. The first-order valence-electron chi connectivity index (χ1n) is 9.02. The second kappa shape index (κ2) is 6.52. The van der Waals surface area contributed by atoms with Gasteiger partial charge in [0.05, 0.1) is 43.3 Å². The third kappa shape index (κ3) is 2.90. The molecule has 4 aromatic heterocycles. The zero-order chi connectivity index (χ0) is 19.1. The van der Waals surface area contributed by atoms with Gasteiger partial charge in [0.2, 0.25) is 0 Å². The summed E-state index contributed by atoms with van der Waals surface area (Å²) in [5, 5.41) is 4.27. The van der Waals surface area contributed by atoms with E-state index in [1.165, 1.54) is 0 Å². The Kier molecular flexibility index (Phi) is 3.85.